The zero-order valence-electron chi connectivity index (χ0n) is 38.2. The van der Waals surface area contributed by atoms with E-state index in [9.17, 15) is 48.1 Å². The summed E-state index contributed by atoms with van der Waals surface area (Å²) >= 11 is 4.64. The zero-order chi connectivity index (χ0) is 49.1. The number of nitrogens with two attached hydrogens (primary N) is 2. The molecule has 4 aliphatic heterocycles. The SMILES string of the molecule is CC1(N)CCS(=O)(=O)C1.CC1(N)CCS(=O)(=O)C1.CC1(NC(=O)OCc2ccccc2)CCS(=O)(=O)C1.CC1(NC(=O)OCc2ccccc2)CCS(=O)(=O)C1.CCOC(C)=O.CCl.Cl. The number of hydrogen-bond donors (Lipinski definition) is 4. The number of sulfone groups is 4. The third-order valence-electron chi connectivity index (χ3n) is 9.66. The van der Waals surface area contributed by atoms with E-state index in [2.05, 4.69) is 27.0 Å². The van der Waals surface area contributed by atoms with Gasteiger partial charge < -0.3 is 36.3 Å². The summed E-state index contributed by atoms with van der Waals surface area (Å²) in [5, 5.41) is 5.28. The summed E-state index contributed by atoms with van der Waals surface area (Å²) in [6, 6.07) is 18.6. The van der Waals surface area contributed by atoms with Crippen LogP contribution in [-0.4, -0.2) is 133 Å². The first-order valence-corrected chi connectivity index (χ1v) is 28.3. The quantitative estimate of drug-likeness (QED) is 0.174. The highest BCUT2D eigenvalue weighted by molar-refractivity contribution is 7.92. The zero-order valence-corrected chi connectivity index (χ0v) is 43.0. The molecule has 4 saturated heterocycles. The maximum atomic E-state index is 11.7. The van der Waals surface area contributed by atoms with Gasteiger partial charge in [0.15, 0.2) is 39.3 Å². The number of rotatable bonds is 7. The molecule has 4 atom stereocenters. The minimum atomic E-state index is -3.04. The van der Waals surface area contributed by atoms with Gasteiger partial charge in [-0.1, -0.05) is 60.7 Å². The first-order valence-electron chi connectivity index (χ1n) is 20.3. The van der Waals surface area contributed by atoms with Gasteiger partial charge >= 0.3 is 18.2 Å². The van der Waals surface area contributed by atoms with Crippen LogP contribution in [0.4, 0.5) is 9.59 Å². The largest absolute Gasteiger partial charge is 0.466 e. The molecule has 18 nitrogen and oxygen atoms in total. The summed E-state index contributed by atoms with van der Waals surface area (Å²) in [4.78, 5) is 33.1. The minimum absolute atomic E-state index is 0. The van der Waals surface area contributed by atoms with Crippen LogP contribution < -0.4 is 22.1 Å². The second kappa shape index (κ2) is 26.9. The van der Waals surface area contributed by atoms with E-state index in [-0.39, 0.29) is 77.6 Å². The fourth-order valence-corrected chi connectivity index (χ4v) is 14.8. The number of benzene rings is 2. The standard InChI is InChI=1S/2C13H17NO4S.2C5H11NO2S.C4H8O2.CH3Cl.ClH/c2*1-13(7-8-19(16,17)10-13)14-12(15)18-9-11-5-3-2-4-6-11;2*1-5(6)2-3-9(7,8)4-5;1-3-6-4(2)5;1-2;/h2*2-6H,7-10H2,1H3,(H,14,15);2*2-4,6H2,1H3;3H2,1-2H3;1H3;1H. The van der Waals surface area contributed by atoms with Gasteiger partial charge in [-0.25, -0.2) is 43.3 Å². The molecule has 0 radical (unpaired) electrons. The smallest absolute Gasteiger partial charge is 0.407 e. The van der Waals surface area contributed by atoms with Crippen molar-refractivity contribution >= 4 is 81.5 Å². The van der Waals surface area contributed by atoms with E-state index in [0.29, 0.717) is 32.3 Å². The highest BCUT2D eigenvalue weighted by Crippen LogP contribution is 2.24. The number of alkyl carbamates (subject to hydrolysis) is 2. The number of carbonyl (C=O) groups excluding carboxylic acids is 3. The van der Waals surface area contributed by atoms with Gasteiger partial charge in [-0.3, -0.25) is 4.79 Å². The molecule has 2 aromatic carbocycles. The molecule has 0 saturated carbocycles. The molecule has 0 aliphatic carbocycles. The van der Waals surface area contributed by atoms with Crippen LogP contribution in [-0.2, 0) is 71.6 Å². The van der Waals surface area contributed by atoms with Gasteiger partial charge in [-0.15, -0.1) is 24.0 Å². The van der Waals surface area contributed by atoms with Crippen LogP contribution in [0, 0.1) is 0 Å². The first-order chi connectivity index (χ1) is 29.4. The third kappa shape index (κ3) is 27.2. The molecule has 6 N–H and O–H groups in total. The lowest BCUT2D eigenvalue weighted by atomic mass is 10.0. The average Bonchev–Trinajstić information content (AvgIpc) is 3.83. The lowest BCUT2D eigenvalue weighted by Gasteiger charge is -2.23. The molecule has 4 unspecified atom stereocenters. The van der Waals surface area contributed by atoms with Gasteiger partial charge in [0, 0.05) is 24.4 Å². The fourth-order valence-electron chi connectivity index (χ4n) is 6.50. The Morgan fingerprint density at radius 1 is 0.554 bits per heavy atom. The van der Waals surface area contributed by atoms with Crippen molar-refractivity contribution in [2.45, 2.75) is 103 Å². The molecule has 2 amide bonds. The highest BCUT2D eigenvalue weighted by atomic mass is 35.5. The van der Waals surface area contributed by atoms with Crippen molar-refractivity contribution in [3.05, 3.63) is 71.8 Å². The van der Waals surface area contributed by atoms with Gasteiger partial charge in [-0.2, -0.15) is 0 Å². The Bertz CT molecular complexity index is 2100. The van der Waals surface area contributed by atoms with Gasteiger partial charge in [0.25, 0.3) is 0 Å². The van der Waals surface area contributed by atoms with Crippen LogP contribution >= 0.6 is 24.0 Å². The number of nitrogens with one attached hydrogen (secondary N) is 2. The van der Waals surface area contributed by atoms with Gasteiger partial charge in [-0.05, 0) is 71.4 Å². The number of alkyl halides is 1. The number of carbonyl (C=O) groups is 3. The normalized spacial score (nSPS) is 26.7. The molecule has 374 valence electrons. The predicted octanol–water partition coefficient (Wildman–Crippen LogP) is 3.87. The fraction of sp³-hybridized carbons (Fsp3) is 0.634. The van der Waals surface area contributed by atoms with Crippen LogP contribution in [0.25, 0.3) is 0 Å². The molecule has 2 aromatic rings. The summed E-state index contributed by atoms with van der Waals surface area (Å²) in [6.45, 7) is 11.0. The van der Waals surface area contributed by atoms with Crippen molar-refractivity contribution in [3.63, 3.8) is 0 Å². The Hall–Kier alpha value is -3.25. The van der Waals surface area contributed by atoms with Crippen molar-refractivity contribution in [2.24, 2.45) is 11.5 Å². The van der Waals surface area contributed by atoms with Gasteiger partial charge in [0.1, 0.15) is 13.2 Å². The number of halogens is 2. The van der Waals surface area contributed by atoms with E-state index in [0.717, 1.165) is 11.1 Å². The molecule has 0 aromatic heterocycles. The van der Waals surface area contributed by atoms with Crippen LogP contribution in [0.1, 0.15) is 78.4 Å². The molecular formula is C41H68Cl2N4O14S4. The van der Waals surface area contributed by atoms with Crippen LogP contribution in [0.15, 0.2) is 60.7 Å². The van der Waals surface area contributed by atoms with E-state index >= 15 is 0 Å². The molecule has 4 aliphatic rings. The Labute approximate surface area is 397 Å². The summed E-state index contributed by atoms with van der Waals surface area (Å²) in [6.07, 6.45) is 2.38. The van der Waals surface area contributed by atoms with Crippen molar-refractivity contribution < 1.29 is 62.3 Å². The van der Waals surface area contributed by atoms with E-state index in [1.807, 2.05) is 60.7 Å². The van der Waals surface area contributed by atoms with Gasteiger partial charge in [0.05, 0.1) is 63.7 Å². The second-order valence-corrected chi connectivity index (χ2v) is 25.8. The summed E-state index contributed by atoms with van der Waals surface area (Å²) < 4.78 is 103. The van der Waals surface area contributed by atoms with Crippen molar-refractivity contribution in [2.75, 3.05) is 59.0 Å². The second-order valence-electron chi connectivity index (χ2n) is 17.1. The number of esters is 1. The Balaban J connectivity index is 0.000000827. The molecule has 4 heterocycles. The predicted molar refractivity (Wildman–Crippen MR) is 256 cm³/mol. The van der Waals surface area contributed by atoms with E-state index < -0.39 is 73.7 Å². The average molecular weight is 1040 g/mol. The summed E-state index contributed by atoms with van der Waals surface area (Å²) in [7, 11) is -11.6. The minimum Gasteiger partial charge on any atom is -0.466 e. The maximum absolute atomic E-state index is 11.7. The Morgan fingerprint density at radius 2 is 0.846 bits per heavy atom. The van der Waals surface area contributed by atoms with Gasteiger partial charge in [0.2, 0.25) is 0 Å². The van der Waals surface area contributed by atoms with E-state index in [4.69, 9.17) is 20.9 Å². The van der Waals surface area contributed by atoms with Crippen molar-refractivity contribution in [3.8, 4) is 0 Å². The molecule has 24 heteroatoms. The first kappa shape index (κ1) is 61.8. The highest BCUT2D eigenvalue weighted by Gasteiger charge is 2.41. The molecule has 0 bridgehead atoms. The molecular weight excluding hydrogens is 972 g/mol. The topological polar surface area (TPSA) is 292 Å². The molecule has 6 rings (SSSR count). The van der Waals surface area contributed by atoms with Crippen LogP contribution in [0.5, 0.6) is 0 Å². The Morgan fingerprint density at radius 3 is 1.03 bits per heavy atom. The van der Waals surface area contributed by atoms with Crippen LogP contribution in [0.3, 0.4) is 0 Å². The van der Waals surface area contributed by atoms with Crippen molar-refractivity contribution in [1.82, 2.24) is 10.6 Å². The number of amides is 2. The maximum Gasteiger partial charge on any atom is 0.407 e. The Kier molecular flexibility index (Phi) is 25.6. The number of hydrogen-bond acceptors (Lipinski definition) is 16. The molecule has 65 heavy (non-hydrogen) atoms. The number of ether oxygens (including phenoxy) is 3. The lowest BCUT2D eigenvalue weighted by Crippen LogP contribution is -2.47. The van der Waals surface area contributed by atoms with E-state index in [1.165, 1.54) is 13.3 Å². The monoisotopic (exact) mass is 1040 g/mol. The molecule has 0 spiro atoms. The van der Waals surface area contributed by atoms with E-state index in [1.54, 1.807) is 34.6 Å². The van der Waals surface area contributed by atoms with Crippen molar-refractivity contribution in [1.29, 1.82) is 0 Å². The van der Waals surface area contributed by atoms with Crippen LogP contribution in [0.2, 0.25) is 0 Å². The third-order valence-corrected chi connectivity index (χ3v) is 17.3. The molecule has 4 fully saturated rings. The summed E-state index contributed by atoms with van der Waals surface area (Å²) in [5.74, 6) is 0.795. The summed E-state index contributed by atoms with van der Waals surface area (Å²) in [5.41, 5.74) is 10.6. The lowest BCUT2D eigenvalue weighted by molar-refractivity contribution is -0.140.